The van der Waals surface area contributed by atoms with E-state index in [1.165, 1.54) is 19.0 Å². The first-order chi connectivity index (χ1) is 7.16. The molecule has 0 aliphatic heterocycles. The summed E-state index contributed by atoms with van der Waals surface area (Å²) >= 11 is 0. The summed E-state index contributed by atoms with van der Waals surface area (Å²) in [5, 5.41) is 0. The zero-order valence-corrected chi connectivity index (χ0v) is 8.81. The highest BCUT2D eigenvalue weighted by molar-refractivity contribution is 5.93. The van der Waals surface area contributed by atoms with Crippen LogP contribution in [0, 0.1) is 5.92 Å². The van der Waals surface area contributed by atoms with E-state index in [0.29, 0.717) is 17.3 Å². The van der Waals surface area contributed by atoms with Gasteiger partial charge in [-0.15, -0.1) is 0 Å². The largest absolute Gasteiger partial charge is 0.384 e. The minimum absolute atomic E-state index is 0.0226. The van der Waals surface area contributed by atoms with E-state index >= 15 is 0 Å². The molecule has 0 unspecified atom stereocenters. The number of hydrogen-bond acceptors (Lipinski definition) is 3. The molecule has 0 spiro atoms. The van der Waals surface area contributed by atoms with Crippen LogP contribution in [0.25, 0.3) is 0 Å². The minimum Gasteiger partial charge on any atom is -0.384 e. The molecule has 1 aromatic heterocycles. The van der Waals surface area contributed by atoms with Crippen molar-refractivity contribution in [3.05, 3.63) is 23.9 Å². The average Bonchev–Trinajstić information content (AvgIpc) is 3.02. The Morgan fingerprint density at radius 2 is 2.33 bits per heavy atom. The van der Waals surface area contributed by atoms with Crippen LogP contribution in [0.4, 0.5) is 5.82 Å². The lowest BCUT2D eigenvalue weighted by molar-refractivity contribution is 0.0788. The first-order valence-corrected chi connectivity index (χ1v) is 5.14. The molecule has 1 heterocycles. The van der Waals surface area contributed by atoms with Crippen molar-refractivity contribution in [1.29, 1.82) is 0 Å². The maximum Gasteiger partial charge on any atom is 0.255 e. The molecular weight excluding hydrogens is 190 g/mol. The predicted octanol–water partition coefficient (Wildman–Crippen LogP) is 1.15. The molecule has 0 atom stereocenters. The van der Waals surface area contributed by atoms with Gasteiger partial charge < -0.3 is 10.6 Å². The number of amides is 1. The van der Waals surface area contributed by atoms with Crippen molar-refractivity contribution in [1.82, 2.24) is 9.88 Å². The second-order valence-electron chi connectivity index (χ2n) is 4.10. The fraction of sp³-hybridized carbons (Fsp3) is 0.455. The number of carbonyl (C=O) groups is 1. The molecule has 4 heteroatoms. The fourth-order valence-electron chi connectivity index (χ4n) is 1.52. The van der Waals surface area contributed by atoms with Crippen LogP contribution in [-0.2, 0) is 0 Å². The molecule has 1 aliphatic rings. The summed E-state index contributed by atoms with van der Waals surface area (Å²) in [6, 6.07) is 3.37. The molecule has 1 aliphatic carbocycles. The van der Waals surface area contributed by atoms with Crippen LogP contribution in [0.5, 0.6) is 0 Å². The van der Waals surface area contributed by atoms with Crippen LogP contribution >= 0.6 is 0 Å². The van der Waals surface area contributed by atoms with Crippen LogP contribution in [0.3, 0.4) is 0 Å². The topological polar surface area (TPSA) is 59.2 Å². The third-order valence-electron chi connectivity index (χ3n) is 2.61. The highest BCUT2D eigenvalue weighted by Crippen LogP contribution is 2.29. The van der Waals surface area contributed by atoms with Gasteiger partial charge in [0.15, 0.2) is 0 Å². The Balaban J connectivity index is 2.02. The molecule has 4 nitrogen and oxygen atoms in total. The zero-order chi connectivity index (χ0) is 10.8. The molecule has 1 amide bonds. The maximum atomic E-state index is 11.9. The number of pyridine rings is 1. The third-order valence-corrected chi connectivity index (χ3v) is 2.61. The van der Waals surface area contributed by atoms with Crippen molar-refractivity contribution in [2.24, 2.45) is 5.92 Å². The van der Waals surface area contributed by atoms with E-state index in [9.17, 15) is 4.79 Å². The van der Waals surface area contributed by atoms with Crippen molar-refractivity contribution in [3.8, 4) is 0 Å². The van der Waals surface area contributed by atoms with Gasteiger partial charge in [-0.2, -0.15) is 0 Å². The number of nitrogens with zero attached hydrogens (tertiary/aromatic N) is 2. The Hall–Kier alpha value is -1.58. The van der Waals surface area contributed by atoms with Gasteiger partial charge in [0.25, 0.3) is 5.91 Å². The molecule has 1 aromatic rings. The number of hydrogen-bond donors (Lipinski definition) is 1. The van der Waals surface area contributed by atoms with Crippen LogP contribution in [0.15, 0.2) is 18.3 Å². The van der Waals surface area contributed by atoms with Gasteiger partial charge in [0.05, 0.1) is 5.56 Å². The Morgan fingerprint density at radius 1 is 1.60 bits per heavy atom. The van der Waals surface area contributed by atoms with Gasteiger partial charge in [-0.1, -0.05) is 0 Å². The second-order valence-corrected chi connectivity index (χ2v) is 4.10. The van der Waals surface area contributed by atoms with Crippen molar-refractivity contribution in [2.75, 3.05) is 19.3 Å². The molecular formula is C11H15N3O. The summed E-state index contributed by atoms with van der Waals surface area (Å²) in [6.45, 7) is 0.850. The van der Waals surface area contributed by atoms with Gasteiger partial charge in [-0.05, 0) is 30.9 Å². The van der Waals surface area contributed by atoms with Gasteiger partial charge in [-0.25, -0.2) is 4.98 Å². The van der Waals surface area contributed by atoms with Crippen LogP contribution in [0.1, 0.15) is 23.2 Å². The molecule has 0 radical (unpaired) electrons. The number of nitrogens with two attached hydrogens (primary N) is 1. The number of rotatable bonds is 3. The van der Waals surface area contributed by atoms with Gasteiger partial charge in [0, 0.05) is 19.8 Å². The maximum absolute atomic E-state index is 11.9. The molecule has 15 heavy (non-hydrogen) atoms. The SMILES string of the molecule is CN(CC1CC1)C(=O)c1ccc(N)nc1. The summed E-state index contributed by atoms with van der Waals surface area (Å²) in [7, 11) is 1.83. The zero-order valence-electron chi connectivity index (χ0n) is 8.81. The molecule has 80 valence electrons. The van der Waals surface area contributed by atoms with Crippen LogP contribution in [-0.4, -0.2) is 29.4 Å². The molecule has 0 saturated heterocycles. The van der Waals surface area contributed by atoms with Gasteiger partial charge in [0.2, 0.25) is 0 Å². The first-order valence-electron chi connectivity index (χ1n) is 5.14. The molecule has 2 rings (SSSR count). The quantitative estimate of drug-likeness (QED) is 0.805. The summed E-state index contributed by atoms with van der Waals surface area (Å²) in [4.78, 5) is 17.5. The van der Waals surface area contributed by atoms with E-state index in [1.54, 1.807) is 17.0 Å². The van der Waals surface area contributed by atoms with E-state index in [0.717, 1.165) is 6.54 Å². The molecule has 2 N–H and O–H groups in total. The highest BCUT2D eigenvalue weighted by atomic mass is 16.2. The predicted molar refractivity (Wildman–Crippen MR) is 58.3 cm³/mol. The highest BCUT2D eigenvalue weighted by Gasteiger charge is 2.25. The van der Waals surface area contributed by atoms with E-state index in [-0.39, 0.29) is 5.91 Å². The van der Waals surface area contributed by atoms with Gasteiger partial charge >= 0.3 is 0 Å². The number of carbonyl (C=O) groups excluding carboxylic acids is 1. The Morgan fingerprint density at radius 3 is 2.87 bits per heavy atom. The van der Waals surface area contributed by atoms with Crippen molar-refractivity contribution >= 4 is 11.7 Å². The van der Waals surface area contributed by atoms with Crippen molar-refractivity contribution in [2.45, 2.75) is 12.8 Å². The summed E-state index contributed by atoms with van der Waals surface area (Å²) in [5.41, 5.74) is 6.06. The second kappa shape index (κ2) is 3.88. The van der Waals surface area contributed by atoms with E-state index in [2.05, 4.69) is 4.98 Å². The summed E-state index contributed by atoms with van der Waals surface area (Å²) in [6.07, 6.45) is 4.02. The van der Waals surface area contributed by atoms with Gasteiger partial charge in [0.1, 0.15) is 5.82 Å². The van der Waals surface area contributed by atoms with E-state index in [1.807, 2.05) is 7.05 Å². The lowest BCUT2D eigenvalue weighted by Crippen LogP contribution is -2.28. The number of aromatic nitrogens is 1. The summed E-state index contributed by atoms with van der Waals surface area (Å²) in [5.74, 6) is 1.17. The Kier molecular flexibility index (Phi) is 2.58. The normalized spacial score (nSPS) is 15.0. The van der Waals surface area contributed by atoms with Crippen LogP contribution in [0.2, 0.25) is 0 Å². The summed E-state index contributed by atoms with van der Waals surface area (Å²) < 4.78 is 0. The fourth-order valence-corrected chi connectivity index (χ4v) is 1.52. The Labute approximate surface area is 89.1 Å². The van der Waals surface area contributed by atoms with Crippen LogP contribution < -0.4 is 5.73 Å². The standard InChI is InChI=1S/C11H15N3O/c1-14(7-8-2-3-8)11(15)9-4-5-10(12)13-6-9/h4-6,8H,2-3,7H2,1H3,(H2,12,13). The number of nitrogen functional groups attached to an aromatic ring is 1. The minimum atomic E-state index is 0.0226. The van der Waals surface area contributed by atoms with Crippen molar-refractivity contribution < 1.29 is 4.79 Å². The first kappa shape index (κ1) is 9.96. The Bertz CT molecular complexity index is 357. The smallest absolute Gasteiger partial charge is 0.255 e. The molecule has 1 saturated carbocycles. The molecule has 0 aromatic carbocycles. The monoisotopic (exact) mass is 205 g/mol. The van der Waals surface area contributed by atoms with E-state index in [4.69, 9.17) is 5.73 Å². The lowest BCUT2D eigenvalue weighted by atomic mass is 10.2. The molecule has 0 bridgehead atoms. The van der Waals surface area contributed by atoms with Crippen molar-refractivity contribution in [3.63, 3.8) is 0 Å². The lowest BCUT2D eigenvalue weighted by Gasteiger charge is -2.16. The average molecular weight is 205 g/mol. The van der Waals surface area contributed by atoms with Gasteiger partial charge in [-0.3, -0.25) is 4.79 Å². The van der Waals surface area contributed by atoms with E-state index < -0.39 is 0 Å². The molecule has 1 fully saturated rings. The third kappa shape index (κ3) is 2.46. The number of anilines is 1.